The first-order valence-electron chi connectivity index (χ1n) is 9.66. The molecule has 1 amide bonds. The van der Waals surface area contributed by atoms with Crippen molar-refractivity contribution >= 4 is 16.8 Å². The average molecular weight is 371 g/mol. The van der Waals surface area contributed by atoms with E-state index in [9.17, 15) is 9.59 Å². The van der Waals surface area contributed by atoms with Gasteiger partial charge in [-0.15, -0.1) is 0 Å². The zero-order valence-electron chi connectivity index (χ0n) is 15.4. The van der Waals surface area contributed by atoms with Crippen molar-refractivity contribution in [3.8, 4) is 0 Å². The monoisotopic (exact) mass is 371 g/mol. The first-order valence-corrected chi connectivity index (χ1v) is 9.66. The quantitative estimate of drug-likeness (QED) is 0.867. The van der Waals surface area contributed by atoms with Gasteiger partial charge in [0.25, 0.3) is 5.56 Å². The van der Waals surface area contributed by atoms with Crippen molar-refractivity contribution in [2.45, 2.75) is 37.7 Å². The largest absolute Gasteiger partial charge is 0.376 e. The molecule has 1 N–H and O–H groups in total. The maximum atomic E-state index is 12.3. The third-order valence-electron chi connectivity index (χ3n) is 5.46. The molecule has 144 valence electrons. The zero-order chi connectivity index (χ0) is 18.6. The SMILES string of the molecule is O=C(COC[C@@H]1CCCO1)N1CCC(c2cc3cccnc3c(=O)[nH]2)CC1. The molecule has 2 aromatic heterocycles. The number of nitrogens with one attached hydrogen (secondary N) is 1. The highest BCUT2D eigenvalue weighted by Crippen LogP contribution is 2.27. The van der Waals surface area contributed by atoms with E-state index in [0.29, 0.717) is 25.2 Å². The molecule has 0 unspecified atom stereocenters. The summed E-state index contributed by atoms with van der Waals surface area (Å²) in [5, 5.41) is 0.859. The lowest BCUT2D eigenvalue weighted by molar-refractivity contribution is -0.138. The van der Waals surface area contributed by atoms with Crippen LogP contribution in [0, 0.1) is 0 Å². The van der Waals surface area contributed by atoms with Crippen molar-refractivity contribution < 1.29 is 14.3 Å². The van der Waals surface area contributed by atoms with Gasteiger partial charge in [0.15, 0.2) is 0 Å². The number of hydrogen-bond acceptors (Lipinski definition) is 5. The van der Waals surface area contributed by atoms with Crippen LogP contribution in [0.5, 0.6) is 0 Å². The number of nitrogens with zero attached hydrogens (tertiary/aromatic N) is 2. The summed E-state index contributed by atoms with van der Waals surface area (Å²) in [4.78, 5) is 33.5. The van der Waals surface area contributed by atoms with E-state index in [2.05, 4.69) is 9.97 Å². The van der Waals surface area contributed by atoms with Crippen LogP contribution < -0.4 is 5.56 Å². The summed E-state index contributed by atoms with van der Waals surface area (Å²) in [6, 6.07) is 5.76. The molecule has 7 heteroatoms. The number of ether oxygens (including phenoxy) is 2. The number of carbonyl (C=O) groups is 1. The fourth-order valence-electron chi connectivity index (χ4n) is 3.92. The van der Waals surface area contributed by atoms with Gasteiger partial charge in [0.05, 0.1) is 12.7 Å². The van der Waals surface area contributed by atoms with Crippen molar-refractivity contribution in [2.24, 2.45) is 0 Å². The molecule has 2 aromatic rings. The van der Waals surface area contributed by atoms with Gasteiger partial charge in [-0.3, -0.25) is 14.6 Å². The number of aromatic amines is 1. The number of H-pyrrole nitrogens is 1. The van der Waals surface area contributed by atoms with Gasteiger partial charge in [-0.2, -0.15) is 0 Å². The molecule has 0 spiro atoms. The molecule has 4 rings (SSSR count). The number of aromatic nitrogens is 2. The van der Waals surface area contributed by atoms with E-state index in [0.717, 1.165) is 43.4 Å². The van der Waals surface area contributed by atoms with Crippen LogP contribution in [0.15, 0.2) is 29.2 Å². The minimum absolute atomic E-state index is 0.0302. The van der Waals surface area contributed by atoms with Crippen LogP contribution in [0.3, 0.4) is 0 Å². The Balaban J connectivity index is 1.30. The predicted molar refractivity (Wildman–Crippen MR) is 101 cm³/mol. The molecule has 4 heterocycles. The predicted octanol–water partition coefficient (Wildman–Crippen LogP) is 1.82. The van der Waals surface area contributed by atoms with Crippen LogP contribution in [-0.2, 0) is 14.3 Å². The second-order valence-electron chi connectivity index (χ2n) is 7.30. The number of fused-ring (bicyclic) bond motifs is 1. The minimum Gasteiger partial charge on any atom is -0.376 e. The topological polar surface area (TPSA) is 84.5 Å². The van der Waals surface area contributed by atoms with Gasteiger partial charge < -0.3 is 19.4 Å². The second kappa shape index (κ2) is 8.19. The average Bonchev–Trinajstić information content (AvgIpc) is 3.21. The van der Waals surface area contributed by atoms with E-state index in [1.54, 1.807) is 6.20 Å². The second-order valence-corrected chi connectivity index (χ2v) is 7.30. The van der Waals surface area contributed by atoms with Gasteiger partial charge in [-0.1, -0.05) is 6.07 Å². The van der Waals surface area contributed by atoms with Crippen molar-refractivity contribution in [1.29, 1.82) is 0 Å². The number of likely N-dealkylation sites (tertiary alicyclic amines) is 1. The lowest BCUT2D eigenvalue weighted by atomic mass is 9.92. The van der Waals surface area contributed by atoms with Crippen molar-refractivity contribution in [2.75, 3.05) is 32.9 Å². The molecule has 2 fully saturated rings. The molecule has 0 aliphatic carbocycles. The Hall–Kier alpha value is -2.25. The number of rotatable bonds is 5. The van der Waals surface area contributed by atoms with Gasteiger partial charge in [0.2, 0.25) is 5.91 Å². The molecule has 27 heavy (non-hydrogen) atoms. The Morgan fingerprint density at radius 1 is 1.33 bits per heavy atom. The van der Waals surface area contributed by atoms with Gasteiger partial charge in [0, 0.05) is 42.9 Å². The van der Waals surface area contributed by atoms with Crippen LogP contribution >= 0.6 is 0 Å². The summed E-state index contributed by atoms with van der Waals surface area (Å²) >= 11 is 0. The Morgan fingerprint density at radius 3 is 2.96 bits per heavy atom. The number of amides is 1. The molecule has 2 saturated heterocycles. The summed E-state index contributed by atoms with van der Waals surface area (Å²) in [5.41, 5.74) is 1.25. The van der Waals surface area contributed by atoms with E-state index < -0.39 is 0 Å². The van der Waals surface area contributed by atoms with Gasteiger partial charge in [-0.25, -0.2) is 0 Å². The van der Waals surface area contributed by atoms with Crippen LogP contribution in [0.25, 0.3) is 10.9 Å². The first kappa shape index (κ1) is 18.1. The lowest BCUT2D eigenvalue weighted by Crippen LogP contribution is -2.40. The van der Waals surface area contributed by atoms with Crippen molar-refractivity contribution in [1.82, 2.24) is 14.9 Å². The third-order valence-corrected chi connectivity index (χ3v) is 5.46. The molecular weight excluding hydrogens is 346 g/mol. The molecule has 0 saturated carbocycles. The Kier molecular flexibility index (Phi) is 5.50. The highest BCUT2D eigenvalue weighted by Gasteiger charge is 2.25. The molecular formula is C20H25N3O4. The van der Waals surface area contributed by atoms with E-state index in [4.69, 9.17) is 9.47 Å². The van der Waals surface area contributed by atoms with Gasteiger partial charge in [-0.05, 0) is 37.8 Å². The number of pyridine rings is 2. The summed E-state index contributed by atoms with van der Waals surface area (Å²) in [7, 11) is 0. The molecule has 0 aromatic carbocycles. The van der Waals surface area contributed by atoms with Crippen molar-refractivity contribution in [3.63, 3.8) is 0 Å². The molecule has 2 aliphatic rings. The Bertz CT molecular complexity index is 852. The Morgan fingerprint density at radius 2 is 2.19 bits per heavy atom. The molecule has 0 radical (unpaired) electrons. The summed E-state index contributed by atoms with van der Waals surface area (Å²) in [6.07, 6.45) is 5.52. The van der Waals surface area contributed by atoms with E-state index in [-0.39, 0.29) is 30.1 Å². The lowest BCUT2D eigenvalue weighted by Gasteiger charge is -2.32. The van der Waals surface area contributed by atoms with Crippen molar-refractivity contribution in [3.05, 3.63) is 40.4 Å². The van der Waals surface area contributed by atoms with Crippen LogP contribution in [0.1, 0.15) is 37.3 Å². The van der Waals surface area contributed by atoms with E-state index in [1.165, 1.54) is 0 Å². The summed E-state index contributed by atoms with van der Waals surface area (Å²) < 4.78 is 11.0. The highest BCUT2D eigenvalue weighted by atomic mass is 16.5. The normalized spacial score (nSPS) is 21.0. The highest BCUT2D eigenvalue weighted by molar-refractivity contribution is 5.78. The molecule has 0 bridgehead atoms. The van der Waals surface area contributed by atoms with Crippen LogP contribution in [-0.4, -0.2) is 59.8 Å². The fraction of sp³-hybridized carbons (Fsp3) is 0.550. The maximum absolute atomic E-state index is 12.3. The van der Waals surface area contributed by atoms with Crippen LogP contribution in [0.2, 0.25) is 0 Å². The number of piperidine rings is 1. The smallest absolute Gasteiger partial charge is 0.274 e. The minimum atomic E-state index is -0.149. The molecule has 1 atom stereocenters. The van der Waals surface area contributed by atoms with Gasteiger partial charge >= 0.3 is 0 Å². The summed E-state index contributed by atoms with van der Waals surface area (Å²) in [6.45, 7) is 2.76. The zero-order valence-corrected chi connectivity index (χ0v) is 15.4. The molecule has 2 aliphatic heterocycles. The van der Waals surface area contributed by atoms with Crippen LogP contribution in [0.4, 0.5) is 0 Å². The van der Waals surface area contributed by atoms with E-state index >= 15 is 0 Å². The number of hydrogen-bond donors (Lipinski definition) is 1. The standard InChI is InChI=1S/C20H25N3O4/c24-18(13-26-12-16-4-2-10-27-16)23-8-5-14(6-9-23)17-11-15-3-1-7-21-19(15)20(25)22-17/h1,3,7,11,14,16H,2,4-6,8-10,12-13H2,(H,22,25)/t16-/m0/s1. The Labute approximate surface area is 157 Å². The maximum Gasteiger partial charge on any atom is 0.274 e. The molecule has 7 nitrogen and oxygen atoms in total. The number of carbonyl (C=O) groups excluding carboxylic acids is 1. The fourth-order valence-corrected chi connectivity index (χ4v) is 3.92. The first-order chi connectivity index (χ1) is 13.2. The van der Waals surface area contributed by atoms with Gasteiger partial charge in [0.1, 0.15) is 12.1 Å². The summed E-state index contributed by atoms with van der Waals surface area (Å²) in [5.74, 6) is 0.279. The third kappa shape index (κ3) is 4.20. The van der Waals surface area contributed by atoms with E-state index in [1.807, 2.05) is 23.1 Å².